The molecule has 39 heavy (non-hydrogen) atoms. The summed E-state index contributed by atoms with van der Waals surface area (Å²) in [6, 6.07) is 21.9. The van der Waals surface area contributed by atoms with Crippen molar-refractivity contribution >= 4 is 17.6 Å². The predicted octanol–water partition coefficient (Wildman–Crippen LogP) is 4.06. The molecule has 0 spiro atoms. The number of carbonyl (C=O) groups excluding carboxylic acids is 2. The fourth-order valence-corrected chi connectivity index (χ4v) is 5.18. The van der Waals surface area contributed by atoms with Crippen molar-refractivity contribution in [2.75, 3.05) is 51.3 Å². The molecule has 1 aliphatic carbocycles. The number of rotatable bonds is 9. The van der Waals surface area contributed by atoms with Crippen LogP contribution in [0.4, 0.5) is 5.82 Å². The first kappa shape index (κ1) is 26.7. The summed E-state index contributed by atoms with van der Waals surface area (Å²) in [7, 11) is 1.65. The summed E-state index contributed by atoms with van der Waals surface area (Å²) in [5.41, 5.74) is 2.92. The van der Waals surface area contributed by atoms with Crippen molar-refractivity contribution in [3.05, 3.63) is 72.3 Å². The van der Waals surface area contributed by atoms with Crippen LogP contribution in [-0.2, 0) is 16.0 Å². The van der Waals surface area contributed by atoms with Gasteiger partial charge in [0.15, 0.2) is 5.82 Å². The highest BCUT2D eigenvalue weighted by molar-refractivity contribution is 5.86. The third-order valence-corrected chi connectivity index (χ3v) is 7.79. The molecule has 2 amide bonds. The summed E-state index contributed by atoms with van der Waals surface area (Å²) in [6.07, 6.45) is 4.56. The van der Waals surface area contributed by atoms with Crippen LogP contribution in [0.2, 0.25) is 0 Å². The quantitative estimate of drug-likeness (QED) is 0.418. The molecule has 204 valence electrons. The number of aromatic nitrogens is 2. The fourth-order valence-electron chi connectivity index (χ4n) is 5.18. The van der Waals surface area contributed by atoms with Crippen LogP contribution in [-0.4, -0.2) is 78.2 Å². The van der Waals surface area contributed by atoms with Crippen LogP contribution in [0, 0.1) is 5.92 Å². The molecule has 1 aromatic heterocycles. The monoisotopic (exact) mass is 527 g/mol. The van der Waals surface area contributed by atoms with Crippen LogP contribution in [0.15, 0.2) is 66.7 Å². The number of amides is 2. The van der Waals surface area contributed by atoms with Gasteiger partial charge in [-0.05, 0) is 55.5 Å². The number of carbonyl (C=O) groups is 2. The van der Waals surface area contributed by atoms with E-state index in [-0.39, 0.29) is 24.3 Å². The minimum absolute atomic E-state index is 0.0250. The van der Waals surface area contributed by atoms with Crippen molar-refractivity contribution in [1.29, 1.82) is 0 Å². The third-order valence-electron chi connectivity index (χ3n) is 7.79. The van der Waals surface area contributed by atoms with E-state index in [4.69, 9.17) is 4.74 Å². The van der Waals surface area contributed by atoms with E-state index in [0.29, 0.717) is 26.2 Å². The molecule has 1 aliphatic heterocycles. The van der Waals surface area contributed by atoms with Gasteiger partial charge in [0.1, 0.15) is 5.75 Å². The van der Waals surface area contributed by atoms with E-state index in [1.54, 1.807) is 12.0 Å². The zero-order chi connectivity index (χ0) is 27.0. The molecule has 5 rings (SSSR count). The van der Waals surface area contributed by atoms with E-state index in [1.165, 1.54) is 5.56 Å². The van der Waals surface area contributed by atoms with Gasteiger partial charge < -0.3 is 19.4 Å². The Morgan fingerprint density at radius 1 is 0.923 bits per heavy atom. The Hall–Kier alpha value is -3.94. The van der Waals surface area contributed by atoms with Crippen LogP contribution in [0.25, 0.3) is 11.3 Å². The largest absolute Gasteiger partial charge is 0.497 e. The standard InChI is InChI=1S/C31H37N5O3/c1-39-27-13-6-12-26(22-27)28-14-15-29(33-32-28)34-17-7-18-35(21-20-34)30(37)23-36(31(38)25-10-5-11-25)19-16-24-8-3-2-4-9-24/h2-4,6,8-9,12-15,22,25H,5,7,10-11,16-21,23H2,1H3. The van der Waals surface area contributed by atoms with Crippen LogP contribution in [0.3, 0.4) is 0 Å². The minimum atomic E-state index is 0.0250. The fraction of sp³-hybridized carbons (Fsp3) is 0.419. The van der Waals surface area contributed by atoms with Gasteiger partial charge in [0.2, 0.25) is 11.8 Å². The summed E-state index contributed by atoms with van der Waals surface area (Å²) < 4.78 is 5.32. The Bertz CT molecular complexity index is 1250. The van der Waals surface area contributed by atoms with Gasteiger partial charge in [-0.2, -0.15) is 0 Å². The SMILES string of the molecule is COc1cccc(-c2ccc(N3CCCN(C(=O)CN(CCc4ccccc4)C(=O)C4CCC4)CC3)nn2)c1. The highest BCUT2D eigenvalue weighted by Crippen LogP contribution is 2.28. The van der Waals surface area contributed by atoms with Gasteiger partial charge in [-0.25, -0.2) is 0 Å². The maximum Gasteiger partial charge on any atom is 0.242 e. The molecule has 0 radical (unpaired) electrons. The van der Waals surface area contributed by atoms with Gasteiger partial charge in [-0.3, -0.25) is 9.59 Å². The Labute approximate surface area is 230 Å². The van der Waals surface area contributed by atoms with Crippen molar-refractivity contribution in [2.24, 2.45) is 5.92 Å². The molecule has 1 saturated carbocycles. The summed E-state index contributed by atoms with van der Waals surface area (Å²) in [4.78, 5) is 32.4. The number of hydrogen-bond acceptors (Lipinski definition) is 6. The lowest BCUT2D eigenvalue weighted by Gasteiger charge is -2.33. The second-order valence-corrected chi connectivity index (χ2v) is 10.4. The lowest BCUT2D eigenvalue weighted by Crippen LogP contribution is -2.47. The van der Waals surface area contributed by atoms with Gasteiger partial charge in [0.25, 0.3) is 0 Å². The Morgan fingerprint density at radius 3 is 2.49 bits per heavy atom. The zero-order valence-corrected chi connectivity index (χ0v) is 22.7. The van der Waals surface area contributed by atoms with Crippen molar-refractivity contribution in [1.82, 2.24) is 20.0 Å². The number of benzene rings is 2. The zero-order valence-electron chi connectivity index (χ0n) is 22.7. The molecule has 0 atom stereocenters. The molecule has 8 heteroatoms. The van der Waals surface area contributed by atoms with Crippen molar-refractivity contribution in [3.63, 3.8) is 0 Å². The van der Waals surface area contributed by atoms with Gasteiger partial charge in [-0.1, -0.05) is 48.9 Å². The summed E-state index contributed by atoms with van der Waals surface area (Å²) >= 11 is 0. The van der Waals surface area contributed by atoms with E-state index in [2.05, 4.69) is 27.2 Å². The van der Waals surface area contributed by atoms with Crippen molar-refractivity contribution in [3.8, 4) is 17.0 Å². The van der Waals surface area contributed by atoms with Crippen LogP contribution in [0.1, 0.15) is 31.2 Å². The lowest BCUT2D eigenvalue weighted by molar-refractivity contribution is -0.144. The van der Waals surface area contributed by atoms with E-state index >= 15 is 0 Å². The average Bonchev–Trinajstić information content (AvgIpc) is 3.21. The second kappa shape index (κ2) is 12.7. The first-order valence-electron chi connectivity index (χ1n) is 13.9. The van der Waals surface area contributed by atoms with E-state index in [0.717, 1.165) is 61.5 Å². The van der Waals surface area contributed by atoms with Gasteiger partial charge in [-0.15, -0.1) is 10.2 Å². The molecule has 2 fully saturated rings. The molecule has 0 unspecified atom stereocenters. The first-order valence-corrected chi connectivity index (χ1v) is 13.9. The smallest absolute Gasteiger partial charge is 0.242 e. The molecule has 0 bridgehead atoms. The normalized spacial score (nSPS) is 15.8. The molecular weight excluding hydrogens is 490 g/mol. The van der Waals surface area contributed by atoms with Gasteiger partial charge in [0, 0.05) is 44.2 Å². The highest BCUT2D eigenvalue weighted by Gasteiger charge is 2.31. The minimum Gasteiger partial charge on any atom is -0.497 e. The molecule has 8 nitrogen and oxygen atoms in total. The Balaban J connectivity index is 1.18. The summed E-state index contributed by atoms with van der Waals surface area (Å²) in [5.74, 6) is 1.82. The van der Waals surface area contributed by atoms with Crippen LogP contribution >= 0.6 is 0 Å². The predicted molar refractivity (Wildman–Crippen MR) is 151 cm³/mol. The highest BCUT2D eigenvalue weighted by atomic mass is 16.5. The number of hydrogen-bond donors (Lipinski definition) is 0. The van der Waals surface area contributed by atoms with E-state index in [1.807, 2.05) is 59.5 Å². The van der Waals surface area contributed by atoms with Crippen LogP contribution < -0.4 is 9.64 Å². The van der Waals surface area contributed by atoms with Crippen molar-refractivity contribution in [2.45, 2.75) is 32.1 Å². The molecule has 2 aliphatic rings. The van der Waals surface area contributed by atoms with Gasteiger partial charge in [0.05, 0.1) is 19.3 Å². The maximum absolute atomic E-state index is 13.4. The molecular formula is C31H37N5O3. The lowest BCUT2D eigenvalue weighted by atomic mass is 9.84. The van der Waals surface area contributed by atoms with Crippen LogP contribution in [0.5, 0.6) is 5.75 Å². The number of nitrogens with zero attached hydrogens (tertiary/aromatic N) is 5. The van der Waals surface area contributed by atoms with Gasteiger partial charge >= 0.3 is 0 Å². The molecule has 1 saturated heterocycles. The number of ether oxygens (including phenoxy) is 1. The van der Waals surface area contributed by atoms with E-state index < -0.39 is 0 Å². The summed E-state index contributed by atoms with van der Waals surface area (Å²) in [6.45, 7) is 3.48. The molecule has 2 aromatic carbocycles. The van der Waals surface area contributed by atoms with Crippen molar-refractivity contribution < 1.29 is 14.3 Å². The maximum atomic E-state index is 13.4. The molecule has 0 N–H and O–H groups in total. The Morgan fingerprint density at radius 2 is 1.77 bits per heavy atom. The second-order valence-electron chi connectivity index (χ2n) is 10.4. The number of methoxy groups -OCH3 is 1. The summed E-state index contributed by atoms with van der Waals surface area (Å²) in [5, 5.41) is 8.93. The first-order chi connectivity index (χ1) is 19.1. The molecule has 2 heterocycles. The number of anilines is 1. The molecule has 3 aromatic rings. The third kappa shape index (κ3) is 6.74. The Kier molecular flexibility index (Phi) is 8.71. The average molecular weight is 528 g/mol. The van der Waals surface area contributed by atoms with E-state index in [9.17, 15) is 9.59 Å². The topological polar surface area (TPSA) is 78.9 Å².